The van der Waals surface area contributed by atoms with Crippen molar-refractivity contribution in [3.05, 3.63) is 47.8 Å². The minimum absolute atomic E-state index is 0.416. The quantitative estimate of drug-likeness (QED) is 0.876. The van der Waals surface area contributed by atoms with E-state index in [0.29, 0.717) is 6.04 Å². The molecule has 20 heavy (non-hydrogen) atoms. The van der Waals surface area contributed by atoms with E-state index < -0.39 is 0 Å². The third-order valence-corrected chi connectivity index (χ3v) is 3.72. The van der Waals surface area contributed by atoms with Crippen LogP contribution in [0.15, 0.2) is 36.5 Å². The Morgan fingerprint density at radius 2 is 2.00 bits per heavy atom. The summed E-state index contributed by atoms with van der Waals surface area (Å²) >= 11 is 0. The Morgan fingerprint density at radius 3 is 2.60 bits per heavy atom. The Labute approximate surface area is 121 Å². The van der Waals surface area contributed by atoms with Crippen molar-refractivity contribution < 1.29 is 0 Å². The van der Waals surface area contributed by atoms with E-state index in [0.717, 1.165) is 13.1 Å². The number of benzene rings is 1. The van der Waals surface area contributed by atoms with Crippen molar-refractivity contribution in [2.24, 2.45) is 7.05 Å². The van der Waals surface area contributed by atoms with Gasteiger partial charge in [0.15, 0.2) is 0 Å². The molecular formula is C16H24N4. The van der Waals surface area contributed by atoms with Gasteiger partial charge in [-0.25, -0.2) is 0 Å². The van der Waals surface area contributed by atoms with E-state index in [9.17, 15) is 0 Å². The van der Waals surface area contributed by atoms with Gasteiger partial charge < -0.3 is 10.2 Å². The Hall–Kier alpha value is -1.81. The molecule has 0 aliphatic heterocycles. The van der Waals surface area contributed by atoms with Gasteiger partial charge in [0.2, 0.25) is 0 Å². The topological polar surface area (TPSA) is 33.1 Å². The van der Waals surface area contributed by atoms with Crippen LogP contribution in [0.2, 0.25) is 0 Å². The molecule has 108 valence electrons. The molecule has 1 heterocycles. The SMILES string of the molecule is Cc1c(CNC(C)CN(C)c2ccccc2)cnn1C. The number of para-hydroxylation sites is 1. The van der Waals surface area contributed by atoms with Crippen molar-refractivity contribution in [1.29, 1.82) is 0 Å². The van der Waals surface area contributed by atoms with Crippen molar-refractivity contribution in [3.8, 4) is 0 Å². The van der Waals surface area contributed by atoms with Crippen LogP contribution in [-0.4, -0.2) is 29.4 Å². The van der Waals surface area contributed by atoms with Crippen LogP contribution in [0.3, 0.4) is 0 Å². The molecule has 0 radical (unpaired) electrons. The average molecular weight is 272 g/mol. The van der Waals surface area contributed by atoms with E-state index >= 15 is 0 Å². The Balaban J connectivity index is 1.84. The van der Waals surface area contributed by atoms with Gasteiger partial charge in [-0.2, -0.15) is 5.10 Å². The highest BCUT2D eigenvalue weighted by atomic mass is 15.3. The Kier molecular flexibility index (Phi) is 4.79. The van der Waals surface area contributed by atoms with Crippen molar-refractivity contribution in [2.45, 2.75) is 26.4 Å². The van der Waals surface area contributed by atoms with E-state index in [1.165, 1.54) is 16.9 Å². The van der Waals surface area contributed by atoms with Crippen molar-refractivity contribution in [3.63, 3.8) is 0 Å². The van der Waals surface area contributed by atoms with Crippen LogP contribution in [0.25, 0.3) is 0 Å². The number of nitrogens with zero attached hydrogens (tertiary/aromatic N) is 3. The Bertz CT molecular complexity index is 533. The largest absolute Gasteiger partial charge is 0.373 e. The molecular weight excluding hydrogens is 248 g/mol. The first-order valence-electron chi connectivity index (χ1n) is 7.05. The van der Waals surface area contributed by atoms with Crippen LogP contribution in [-0.2, 0) is 13.6 Å². The molecule has 4 nitrogen and oxygen atoms in total. The van der Waals surface area contributed by atoms with Crippen LogP contribution < -0.4 is 10.2 Å². The van der Waals surface area contributed by atoms with Gasteiger partial charge in [-0.15, -0.1) is 0 Å². The summed E-state index contributed by atoms with van der Waals surface area (Å²) in [6, 6.07) is 10.9. The van der Waals surface area contributed by atoms with E-state index in [1.807, 2.05) is 24.0 Å². The highest BCUT2D eigenvalue weighted by molar-refractivity contribution is 5.45. The summed E-state index contributed by atoms with van der Waals surface area (Å²) in [7, 11) is 4.11. The first-order chi connectivity index (χ1) is 9.58. The third-order valence-electron chi connectivity index (χ3n) is 3.72. The molecule has 1 aromatic heterocycles. The molecule has 1 aromatic carbocycles. The lowest BCUT2D eigenvalue weighted by Crippen LogP contribution is -2.37. The number of nitrogens with one attached hydrogen (secondary N) is 1. The van der Waals surface area contributed by atoms with Crippen molar-refractivity contribution in [1.82, 2.24) is 15.1 Å². The molecule has 0 bridgehead atoms. The fraction of sp³-hybridized carbons (Fsp3) is 0.438. The smallest absolute Gasteiger partial charge is 0.0537 e. The maximum Gasteiger partial charge on any atom is 0.0537 e. The number of rotatable bonds is 6. The summed E-state index contributed by atoms with van der Waals surface area (Å²) in [5.41, 5.74) is 3.74. The van der Waals surface area contributed by atoms with Crippen LogP contribution in [0.4, 0.5) is 5.69 Å². The second-order valence-corrected chi connectivity index (χ2v) is 5.38. The zero-order valence-electron chi connectivity index (χ0n) is 12.8. The summed E-state index contributed by atoms with van der Waals surface area (Å²) in [6.45, 7) is 6.16. The molecule has 0 aliphatic rings. The van der Waals surface area contributed by atoms with Crippen molar-refractivity contribution >= 4 is 5.69 Å². The second-order valence-electron chi connectivity index (χ2n) is 5.38. The van der Waals surface area contributed by atoms with Crippen LogP contribution in [0.1, 0.15) is 18.2 Å². The van der Waals surface area contributed by atoms with Gasteiger partial charge in [0.25, 0.3) is 0 Å². The molecule has 0 spiro atoms. The van der Waals surface area contributed by atoms with Gasteiger partial charge in [-0.05, 0) is 26.0 Å². The van der Waals surface area contributed by atoms with Crippen LogP contribution in [0, 0.1) is 6.92 Å². The molecule has 0 aliphatic carbocycles. The summed E-state index contributed by atoms with van der Waals surface area (Å²) in [4.78, 5) is 2.27. The normalized spacial score (nSPS) is 12.4. The van der Waals surface area contributed by atoms with E-state index in [2.05, 4.69) is 60.5 Å². The summed E-state index contributed by atoms with van der Waals surface area (Å²) < 4.78 is 1.91. The number of likely N-dealkylation sites (N-methyl/N-ethyl adjacent to an activating group) is 1. The number of aromatic nitrogens is 2. The summed E-state index contributed by atoms with van der Waals surface area (Å²) in [5, 5.41) is 7.83. The predicted octanol–water partition coefficient (Wildman–Crippen LogP) is 2.34. The molecule has 1 unspecified atom stereocenters. The van der Waals surface area contributed by atoms with Crippen LogP contribution in [0.5, 0.6) is 0 Å². The number of aryl methyl sites for hydroxylation is 1. The van der Waals surface area contributed by atoms with Crippen molar-refractivity contribution in [2.75, 3.05) is 18.5 Å². The monoisotopic (exact) mass is 272 g/mol. The number of anilines is 1. The summed E-state index contributed by atoms with van der Waals surface area (Å²) in [6.07, 6.45) is 1.94. The fourth-order valence-corrected chi connectivity index (χ4v) is 2.27. The third kappa shape index (κ3) is 3.61. The second kappa shape index (κ2) is 6.57. The molecule has 0 saturated carbocycles. The van der Waals surface area contributed by atoms with E-state index in [1.54, 1.807) is 0 Å². The van der Waals surface area contributed by atoms with Gasteiger partial charge in [-0.1, -0.05) is 18.2 Å². The lowest BCUT2D eigenvalue weighted by molar-refractivity contribution is 0.544. The fourth-order valence-electron chi connectivity index (χ4n) is 2.27. The molecule has 1 N–H and O–H groups in total. The number of hydrogen-bond donors (Lipinski definition) is 1. The van der Waals surface area contributed by atoms with Gasteiger partial charge >= 0.3 is 0 Å². The lowest BCUT2D eigenvalue weighted by atomic mass is 10.2. The molecule has 1 atom stereocenters. The lowest BCUT2D eigenvalue weighted by Gasteiger charge is -2.24. The molecule has 0 saturated heterocycles. The molecule has 4 heteroatoms. The van der Waals surface area contributed by atoms with Crippen LogP contribution >= 0.6 is 0 Å². The zero-order valence-corrected chi connectivity index (χ0v) is 12.8. The minimum atomic E-state index is 0.416. The van der Waals surface area contributed by atoms with Gasteiger partial charge in [0.05, 0.1) is 6.20 Å². The van der Waals surface area contributed by atoms with E-state index in [-0.39, 0.29) is 0 Å². The first kappa shape index (κ1) is 14.6. The molecule has 0 fully saturated rings. The van der Waals surface area contributed by atoms with Gasteiger partial charge in [-0.3, -0.25) is 4.68 Å². The molecule has 2 rings (SSSR count). The number of hydrogen-bond acceptors (Lipinski definition) is 3. The zero-order chi connectivity index (χ0) is 14.5. The molecule has 2 aromatic rings. The minimum Gasteiger partial charge on any atom is -0.373 e. The Morgan fingerprint density at radius 1 is 1.30 bits per heavy atom. The maximum absolute atomic E-state index is 4.27. The van der Waals surface area contributed by atoms with E-state index in [4.69, 9.17) is 0 Å². The standard InChI is InChI=1S/C16H24N4/c1-13(12-19(3)16-8-6-5-7-9-16)17-10-15-11-18-20(4)14(15)2/h5-9,11,13,17H,10,12H2,1-4H3. The maximum atomic E-state index is 4.27. The molecule has 0 amide bonds. The highest BCUT2D eigenvalue weighted by Crippen LogP contribution is 2.11. The average Bonchev–Trinajstić information content (AvgIpc) is 2.77. The van der Waals surface area contributed by atoms with Gasteiger partial charge in [0.1, 0.15) is 0 Å². The predicted molar refractivity (Wildman–Crippen MR) is 84.0 cm³/mol. The van der Waals surface area contributed by atoms with Gasteiger partial charge in [0, 0.05) is 50.2 Å². The first-order valence-corrected chi connectivity index (χ1v) is 7.05. The highest BCUT2D eigenvalue weighted by Gasteiger charge is 2.08. The summed E-state index contributed by atoms with van der Waals surface area (Å²) in [5.74, 6) is 0.